The lowest BCUT2D eigenvalue weighted by Gasteiger charge is -2.14. The standard InChI is InChI=1S/C21H20N2OS/c1-14-21(22-20(25-14)12-16-6-4-3-5-7-16)18-8-9-19-17(13-18)10-11-23(19)15(2)24/h3-9,13H,10-12H2,1-2H3. The average molecular weight is 348 g/mol. The Hall–Kier alpha value is -2.46. The van der Waals surface area contributed by atoms with Gasteiger partial charge >= 0.3 is 0 Å². The van der Waals surface area contributed by atoms with E-state index in [2.05, 4.69) is 49.4 Å². The Morgan fingerprint density at radius 3 is 2.76 bits per heavy atom. The first-order chi connectivity index (χ1) is 12.1. The molecule has 0 N–H and O–H groups in total. The van der Waals surface area contributed by atoms with Crippen molar-refractivity contribution in [1.29, 1.82) is 0 Å². The molecule has 0 fully saturated rings. The number of amides is 1. The molecule has 0 bridgehead atoms. The maximum atomic E-state index is 11.7. The molecule has 1 amide bonds. The second-order valence-electron chi connectivity index (χ2n) is 6.44. The molecule has 3 aromatic rings. The fourth-order valence-electron chi connectivity index (χ4n) is 3.44. The molecule has 0 unspecified atom stereocenters. The molecule has 0 aliphatic carbocycles. The summed E-state index contributed by atoms with van der Waals surface area (Å²) in [5, 5.41) is 1.14. The van der Waals surface area contributed by atoms with Crippen LogP contribution in [0.25, 0.3) is 11.3 Å². The minimum atomic E-state index is 0.112. The van der Waals surface area contributed by atoms with Gasteiger partial charge in [-0.1, -0.05) is 36.4 Å². The van der Waals surface area contributed by atoms with Gasteiger partial charge in [0.05, 0.1) is 10.7 Å². The molecule has 126 valence electrons. The Bertz CT molecular complexity index is 930. The van der Waals surface area contributed by atoms with Gasteiger partial charge in [0.2, 0.25) is 5.91 Å². The number of anilines is 1. The Morgan fingerprint density at radius 1 is 1.20 bits per heavy atom. The van der Waals surface area contributed by atoms with Crippen LogP contribution in [0.5, 0.6) is 0 Å². The molecule has 0 radical (unpaired) electrons. The number of thiazole rings is 1. The highest BCUT2D eigenvalue weighted by molar-refractivity contribution is 7.12. The summed E-state index contributed by atoms with van der Waals surface area (Å²) in [7, 11) is 0. The number of rotatable bonds is 3. The predicted octanol–water partition coefficient (Wildman–Crippen LogP) is 4.62. The van der Waals surface area contributed by atoms with Gasteiger partial charge in [-0.05, 0) is 36.6 Å². The maximum Gasteiger partial charge on any atom is 0.223 e. The second-order valence-corrected chi connectivity index (χ2v) is 7.73. The summed E-state index contributed by atoms with van der Waals surface area (Å²) in [6.07, 6.45) is 1.79. The van der Waals surface area contributed by atoms with Gasteiger partial charge in [-0.2, -0.15) is 0 Å². The molecule has 1 aromatic heterocycles. The Kier molecular flexibility index (Phi) is 4.14. The largest absolute Gasteiger partial charge is 0.312 e. The Labute approximate surface area is 152 Å². The van der Waals surface area contributed by atoms with E-state index in [0.717, 1.165) is 41.3 Å². The zero-order valence-corrected chi connectivity index (χ0v) is 15.3. The second kappa shape index (κ2) is 6.45. The van der Waals surface area contributed by atoms with Crippen molar-refractivity contribution in [3.8, 4) is 11.3 Å². The van der Waals surface area contributed by atoms with Crippen molar-refractivity contribution in [1.82, 2.24) is 4.98 Å². The molecule has 0 saturated carbocycles. The fourth-order valence-corrected chi connectivity index (χ4v) is 4.43. The Morgan fingerprint density at radius 2 is 2.00 bits per heavy atom. The smallest absolute Gasteiger partial charge is 0.223 e. The highest BCUT2D eigenvalue weighted by atomic mass is 32.1. The molecule has 2 heterocycles. The average Bonchev–Trinajstić information content (AvgIpc) is 3.18. The number of benzene rings is 2. The summed E-state index contributed by atoms with van der Waals surface area (Å²) in [5.74, 6) is 0.112. The summed E-state index contributed by atoms with van der Waals surface area (Å²) >= 11 is 1.77. The van der Waals surface area contributed by atoms with Crippen LogP contribution in [0.4, 0.5) is 5.69 Å². The molecule has 0 saturated heterocycles. The van der Waals surface area contributed by atoms with E-state index < -0.39 is 0 Å². The fraction of sp³-hybridized carbons (Fsp3) is 0.238. The van der Waals surface area contributed by atoms with Gasteiger partial charge in [0.1, 0.15) is 0 Å². The van der Waals surface area contributed by atoms with Crippen molar-refractivity contribution in [3.05, 3.63) is 69.5 Å². The van der Waals surface area contributed by atoms with Crippen molar-refractivity contribution < 1.29 is 4.79 Å². The molecule has 0 spiro atoms. The quantitative estimate of drug-likeness (QED) is 0.692. The van der Waals surface area contributed by atoms with Crippen LogP contribution < -0.4 is 4.90 Å². The molecular weight excluding hydrogens is 328 g/mol. The molecule has 1 aliphatic rings. The SMILES string of the molecule is CC(=O)N1CCc2cc(-c3nc(Cc4ccccc4)sc3C)ccc21. The number of hydrogen-bond acceptors (Lipinski definition) is 3. The van der Waals surface area contributed by atoms with Crippen LogP contribution in [-0.4, -0.2) is 17.4 Å². The predicted molar refractivity (Wildman–Crippen MR) is 103 cm³/mol. The lowest BCUT2D eigenvalue weighted by Crippen LogP contribution is -2.25. The number of aromatic nitrogens is 1. The summed E-state index contributed by atoms with van der Waals surface area (Å²) in [6.45, 7) is 4.55. The topological polar surface area (TPSA) is 33.2 Å². The van der Waals surface area contributed by atoms with Gasteiger partial charge in [0.25, 0.3) is 0 Å². The molecule has 2 aromatic carbocycles. The van der Waals surface area contributed by atoms with Crippen LogP contribution in [0.3, 0.4) is 0 Å². The van der Waals surface area contributed by atoms with Gasteiger partial charge in [-0.25, -0.2) is 4.98 Å². The number of carbonyl (C=O) groups is 1. The zero-order valence-electron chi connectivity index (χ0n) is 14.5. The molecule has 3 nitrogen and oxygen atoms in total. The number of nitrogens with zero attached hydrogens (tertiary/aromatic N) is 2. The monoisotopic (exact) mass is 348 g/mol. The van der Waals surface area contributed by atoms with Gasteiger partial charge in [-0.3, -0.25) is 4.79 Å². The van der Waals surface area contributed by atoms with Gasteiger partial charge in [0, 0.05) is 36.0 Å². The lowest BCUT2D eigenvalue weighted by molar-refractivity contribution is -0.116. The molecule has 4 rings (SSSR count). The molecule has 4 heteroatoms. The van der Waals surface area contributed by atoms with Crippen LogP contribution in [0, 0.1) is 6.92 Å². The summed E-state index contributed by atoms with van der Waals surface area (Å²) < 4.78 is 0. The lowest BCUT2D eigenvalue weighted by atomic mass is 10.1. The van der Waals surface area contributed by atoms with Crippen molar-refractivity contribution in [2.75, 3.05) is 11.4 Å². The van der Waals surface area contributed by atoms with Crippen LogP contribution in [0.15, 0.2) is 48.5 Å². The van der Waals surface area contributed by atoms with E-state index in [-0.39, 0.29) is 5.91 Å². The minimum absolute atomic E-state index is 0.112. The van der Waals surface area contributed by atoms with E-state index in [1.807, 2.05) is 11.0 Å². The van der Waals surface area contributed by atoms with E-state index in [4.69, 9.17) is 4.98 Å². The summed E-state index contributed by atoms with van der Waals surface area (Å²) in [6, 6.07) is 16.8. The van der Waals surface area contributed by atoms with Gasteiger partial charge < -0.3 is 4.90 Å². The normalized spacial score (nSPS) is 13.1. The third kappa shape index (κ3) is 3.10. The van der Waals surface area contributed by atoms with E-state index in [9.17, 15) is 4.79 Å². The first-order valence-electron chi connectivity index (χ1n) is 8.53. The molecular formula is C21H20N2OS. The number of carbonyl (C=O) groups excluding carboxylic acids is 1. The summed E-state index contributed by atoms with van der Waals surface area (Å²) in [4.78, 5) is 19.7. The molecule has 25 heavy (non-hydrogen) atoms. The maximum absolute atomic E-state index is 11.7. The third-order valence-corrected chi connectivity index (χ3v) is 5.64. The summed E-state index contributed by atoms with van der Waals surface area (Å²) in [5.41, 5.74) is 5.80. The molecule has 0 atom stereocenters. The number of aryl methyl sites for hydroxylation is 1. The number of hydrogen-bond donors (Lipinski definition) is 0. The van der Waals surface area contributed by atoms with Crippen LogP contribution in [0.2, 0.25) is 0 Å². The van der Waals surface area contributed by atoms with Crippen LogP contribution in [-0.2, 0) is 17.6 Å². The third-order valence-electron chi connectivity index (χ3n) is 4.67. The van der Waals surface area contributed by atoms with Crippen molar-refractivity contribution >= 4 is 22.9 Å². The Balaban J connectivity index is 1.64. The van der Waals surface area contributed by atoms with Crippen molar-refractivity contribution in [2.24, 2.45) is 0 Å². The van der Waals surface area contributed by atoms with Crippen LogP contribution >= 0.6 is 11.3 Å². The van der Waals surface area contributed by atoms with Crippen LogP contribution in [0.1, 0.15) is 27.9 Å². The van der Waals surface area contributed by atoms with Crippen molar-refractivity contribution in [2.45, 2.75) is 26.7 Å². The highest BCUT2D eigenvalue weighted by Gasteiger charge is 2.23. The molecule has 1 aliphatic heterocycles. The van der Waals surface area contributed by atoms with E-state index >= 15 is 0 Å². The van der Waals surface area contributed by atoms with E-state index in [0.29, 0.717) is 0 Å². The highest BCUT2D eigenvalue weighted by Crippen LogP contribution is 2.35. The van der Waals surface area contributed by atoms with E-state index in [1.165, 1.54) is 16.0 Å². The van der Waals surface area contributed by atoms with E-state index in [1.54, 1.807) is 18.3 Å². The van der Waals surface area contributed by atoms with Gasteiger partial charge in [0.15, 0.2) is 0 Å². The zero-order chi connectivity index (χ0) is 17.4. The van der Waals surface area contributed by atoms with Crippen molar-refractivity contribution in [3.63, 3.8) is 0 Å². The van der Waals surface area contributed by atoms with Gasteiger partial charge in [-0.15, -0.1) is 11.3 Å². The first kappa shape index (κ1) is 16.0. The first-order valence-corrected chi connectivity index (χ1v) is 9.35. The number of fused-ring (bicyclic) bond motifs is 1. The minimum Gasteiger partial charge on any atom is -0.312 e.